The Bertz CT molecular complexity index is 1650. The molecule has 0 unspecified atom stereocenters. The van der Waals surface area contributed by atoms with Crippen LogP contribution in [-0.2, 0) is 4.74 Å². The molecule has 1 heterocycles. The summed E-state index contributed by atoms with van der Waals surface area (Å²) in [6, 6.07) is 23.6. The zero-order valence-electron chi connectivity index (χ0n) is 21.0. The van der Waals surface area contributed by atoms with E-state index in [2.05, 4.69) is 0 Å². The van der Waals surface area contributed by atoms with Crippen LogP contribution in [0.15, 0.2) is 97.1 Å². The number of nitrogens with zero attached hydrogens (tertiary/aromatic N) is 2. The molecule has 0 aromatic heterocycles. The molecule has 2 amide bonds. The molecule has 0 saturated heterocycles. The van der Waals surface area contributed by atoms with Crippen molar-refractivity contribution < 1.29 is 33.6 Å². The van der Waals surface area contributed by atoms with Crippen molar-refractivity contribution in [2.24, 2.45) is 0 Å². The minimum Gasteiger partial charge on any atom is -0.497 e. The molecular formula is C30H20N2O8. The lowest BCUT2D eigenvalue weighted by Crippen LogP contribution is -2.29. The monoisotopic (exact) mass is 536 g/mol. The zero-order chi connectivity index (χ0) is 28.4. The molecular weight excluding hydrogens is 516 g/mol. The largest absolute Gasteiger partial charge is 0.497 e. The van der Waals surface area contributed by atoms with Crippen molar-refractivity contribution >= 4 is 34.9 Å². The van der Waals surface area contributed by atoms with Crippen molar-refractivity contribution in [3.8, 4) is 5.75 Å². The van der Waals surface area contributed by atoms with Crippen LogP contribution in [0.3, 0.4) is 0 Å². The van der Waals surface area contributed by atoms with Crippen molar-refractivity contribution in [2.45, 2.75) is 6.10 Å². The van der Waals surface area contributed by atoms with Gasteiger partial charge in [0.05, 0.1) is 34.4 Å². The lowest BCUT2D eigenvalue weighted by molar-refractivity contribution is -0.384. The third-order valence-corrected chi connectivity index (χ3v) is 6.38. The van der Waals surface area contributed by atoms with E-state index in [9.17, 15) is 29.3 Å². The SMILES string of the molecule is COc1ccc(N2C(=O)c3ccc(C(=O)O[C@H](C(=O)c4ccccc4)c4ccc([N+](=O)[O-])cc4)cc3C2=O)cc1. The van der Waals surface area contributed by atoms with E-state index < -0.39 is 34.6 Å². The maximum atomic E-state index is 13.3. The normalized spacial score (nSPS) is 13.0. The number of carbonyl (C=O) groups is 4. The molecule has 0 aliphatic carbocycles. The molecule has 0 saturated carbocycles. The van der Waals surface area contributed by atoms with Gasteiger partial charge in [0.1, 0.15) is 5.75 Å². The maximum absolute atomic E-state index is 13.3. The molecule has 40 heavy (non-hydrogen) atoms. The number of anilines is 1. The fourth-order valence-corrected chi connectivity index (χ4v) is 4.31. The number of nitro groups is 1. The Labute approximate surface area is 227 Å². The molecule has 10 nitrogen and oxygen atoms in total. The highest BCUT2D eigenvalue weighted by Crippen LogP contribution is 2.31. The fourth-order valence-electron chi connectivity index (χ4n) is 4.31. The van der Waals surface area contributed by atoms with Gasteiger partial charge in [-0.05, 0) is 54.6 Å². The summed E-state index contributed by atoms with van der Waals surface area (Å²) in [5.74, 6) is -2.07. The average Bonchev–Trinajstić information content (AvgIpc) is 3.24. The molecule has 1 aliphatic heterocycles. The van der Waals surface area contributed by atoms with Gasteiger partial charge < -0.3 is 9.47 Å². The first-order valence-corrected chi connectivity index (χ1v) is 12.0. The number of carbonyl (C=O) groups excluding carboxylic acids is 4. The van der Waals surface area contributed by atoms with E-state index in [4.69, 9.17) is 9.47 Å². The number of ether oxygens (including phenoxy) is 2. The molecule has 0 bridgehead atoms. The van der Waals surface area contributed by atoms with E-state index in [1.165, 1.54) is 49.6 Å². The Morgan fingerprint density at radius 2 is 1.45 bits per heavy atom. The summed E-state index contributed by atoms with van der Waals surface area (Å²) in [4.78, 5) is 64.2. The Morgan fingerprint density at radius 3 is 2.08 bits per heavy atom. The van der Waals surface area contributed by atoms with Gasteiger partial charge in [-0.25, -0.2) is 9.69 Å². The Balaban J connectivity index is 1.44. The maximum Gasteiger partial charge on any atom is 0.339 e. The number of hydrogen-bond donors (Lipinski definition) is 0. The standard InChI is InChI=1S/C30H20N2O8/c1-39-23-14-12-21(13-15-23)31-28(34)24-16-9-20(17-25(24)29(31)35)30(36)40-27(26(33)18-5-3-2-4-6-18)19-7-10-22(11-8-19)32(37)38/h2-17,27H,1H3/t27-/m0/s1. The van der Waals surface area contributed by atoms with Crippen LogP contribution in [0.5, 0.6) is 5.75 Å². The second kappa shape index (κ2) is 10.6. The van der Waals surface area contributed by atoms with E-state index in [0.717, 1.165) is 4.90 Å². The average molecular weight is 536 g/mol. The number of ketones is 1. The Morgan fingerprint density at radius 1 is 0.800 bits per heavy atom. The van der Waals surface area contributed by atoms with E-state index in [1.54, 1.807) is 54.6 Å². The van der Waals surface area contributed by atoms with Gasteiger partial charge in [-0.2, -0.15) is 0 Å². The van der Waals surface area contributed by atoms with Gasteiger partial charge >= 0.3 is 5.97 Å². The number of benzene rings is 4. The summed E-state index contributed by atoms with van der Waals surface area (Å²) in [6.45, 7) is 0. The van der Waals surface area contributed by atoms with Crippen molar-refractivity contribution in [3.05, 3.63) is 135 Å². The van der Waals surface area contributed by atoms with E-state index in [1.807, 2.05) is 0 Å². The van der Waals surface area contributed by atoms with Gasteiger partial charge in [0, 0.05) is 23.3 Å². The van der Waals surface area contributed by atoms with Crippen molar-refractivity contribution in [2.75, 3.05) is 12.0 Å². The van der Waals surface area contributed by atoms with Crippen LogP contribution in [0, 0.1) is 10.1 Å². The number of non-ortho nitro benzene ring substituents is 1. The molecule has 5 rings (SSSR count). The van der Waals surface area contributed by atoms with Gasteiger partial charge in [-0.3, -0.25) is 24.5 Å². The first-order valence-electron chi connectivity index (χ1n) is 12.0. The zero-order valence-corrected chi connectivity index (χ0v) is 21.0. The molecule has 4 aromatic rings. The first kappa shape index (κ1) is 26.0. The molecule has 4 aromatic carbocycles. The smallest absolute Gasteiger partial charge is 0.339 e. The Hall–Kier alpha value is -5.64. The molecule has 1 atom stereocenters. The summed E-state index contributed by atoms with van der Waals surface area (Å²) >= 11 is 0. The molecule has 198 valence electrons. The molecule has 0 N–H and O–H groups in total. The molecule has 10 heteroatoms. The highest BCUT2D eigenvalue weighted by Gasteiger charge is 2.37. The number of hydrogen-bond acceptors (Lipinski definition) is 8. The number of amides is 2. The second-order valence-corrected chi connectivity index (χ2v) is 8.77. The molecule has 0 fully saturated rings. The highest BCUT2D eigenvalue weighted by molar-refractivity contribution is 6.34. The molecule has 1 aliphatic rings. The lowest BCUT2D eigenvalue weighted by atomic mass is 9.99. The van der Waals surface area contributed by atoms with Crippen LogP contribution in [0.1, 0.15) is 53.1 Å². The van der Waals surface area contributed by atoms with Gasteiger partial charge in [-0.1, -0.05) is 30.3 Å². The van der Waals surface area contributed by atoms with E-state index in [-0.39, 0.29) is 33.5 Å². The number of fused-ring (bicyclic) bond motifs is 1. The van der Waals surface area contributed by atoms with Crippen LogP contribution in [0.2, 0.25) is 0 Å². The van der Waals surface area contributed by atoms with Crippen molar-refractivity contribution in [1.82, 2.24) is 0 Å². The summed E-state index contributed by atoms with van der Waals surface area (Å²) in [5, 5.41) is 11.1. The van der Waals surface area contributed by atoms with E-state index in [0.29, 0.717) is 11.4 Å². The third kappa shape index (κ3) is 4.81. The topological polar surface area (TPSA) is 133 Å². The van der Waals surface area contributed by atoms with Gasteiger partial charge in [0.15, 0.2) is 6.10 Å². The third-order valence-electron chi connectivity index (χ3n) is 6.38. The second-order valence-electron chi connectivity index (χ2n) is 8.77. The summed E-state index contributed by atoms with van der Waals surface area (Å²) in [6.07, 6.45) is -1.42. The lowest BCUT2D eigenvalue weighted by Gasteiger charge is -2.17. The molecule has 0 radical (unpaired) electrons. The van der Waals surface area contributed by atoms with Crippen LogP contribution in [0.25, 0.3) is 0 Å². The van der Waals surface area contributed by atoms with Gasteiger partial charge in [0.2, 0.25) is 5.78 Å². The Kier molecular flexibility index (Phi) is 6.90. The van der Waals surface area contributed by atoms with Crippen LogP contribution < -0.4 is 9.64 Å². The minimum atomic E-state index is -1.42. The number of rotatable bonds is 8. The van der Waals surface area contributed by atoms with Gasteiger partial charge in [0.25, 0.3) is 17.5 Å². The molecule has 0 spiro atoms. The van der Waals surface area contributed by atoms with Crippen LogP contribution >= 0.6 is 0 Å². The minimum absolute atomic E-state index is 0.0107. The number of nitro benzene ring substituents is 1. The van der Waals surface area contributed by atoms with Crippen molar-refractivity contribution in [1.29, 1.82) is 0 Å². The number of methoxy groups -OCH3 is 1. The van der Waals surface area contributed by atoms with Crippen LogP contribution in [0.4, 0.5) is 11.4 Å². The fraction of sp³-hybridized carbons (Fsp3) is 0.0667. The first-order chi connectivity index (χ1) is 19.3. The predicted octanol–water partition coefficient (Wildman–Crippen LogP) is 5.19. The van der Waals surface area contributed by atoms with Gasteiger partial charge in [-0.15, -0.1) is 0 Å². The quantitative estimate of drug-likeness (QED) is 0.0988. The number of imide groups is 1. The number of esters is 1. The summed E-state index contributed by atoms with van der Waals surface area (Å²) < 4.78 is 10.7. The highest BCUT2D eigenvalue weighted by atomic mass is 16.6. The predicted molar refractivity (Wildman–Crippen MR) is 143 cm³/mol. The summed E-state index contributed by atoms with van der Waals surface area (Å²) in [5.41, 5.74) is 0.715. The van der Waals surface area contributed by atoms with E-state index >= 15 is 0 Å². The van der Waals surface area contributed by atoms with Crippen LogP contribution in [-0.4, -0.2) is 35.6 Å². The summed E-state index contributed by atoms with van der Waals surface area (Å²) in [7, 11) is 1.50. The number of Topliss-reactive ketones (excluding diaryl/α,β-unsaturated/α-hetero) is 1. The van der Waals surface area contributed by atoms with Crippen molar-refractivity contribution in [3.63, 3.8) is 0 Å².